The van der Waals surface area contributed by atoms with Crippen molar-refractivity contribution in [1.82, 2.24) is 0 Å². The van der Waals surface area contributed by atoms with E-state index >= 15 is 0 Å². The lowest BCUT2D eigenvalue weighted by molar-refractivity contribution is -0.110. The second kappa shape index (κ2) is 8.74. The Balaban J connectivity index is 2.36. The molecule has 0 fully saturated rings. The number of rotatable bonds is 8. The molecule has 92 valence electrons. The summed E-state index contributed by atoms with van der Waals surface area (Å²) in [5, 5.41) is 0. The lowest BCUT2D eigenvalue weighted by Gasteiger charge is -2.04. The molecule has 0 spiro atoms. The van der Waals surface area contributed by atoms with E-state index in [4.69, 9.17) is 0 Å². The van der Waals surface area contributed by atoms with E-state index in [2.05, 4.69) is 19.1 Å². The standard InChI is InChI=1S/C16H22O/c1-2-3-4-6-11-16(14-17)13-12-15-9-7-5-8-10-15/h5,7-10,12-14,16H,2-4,6,11H2,1H3. The summed E-state index contributed by atoms with van der Waals surface area (Å²) < 4.78 is 0. The minimum atomic E-state index is 0.0760. The van der Waals surface area contributed by atoms with Crippen molar-refractivity contribution in [3.8, 4) is 0 Å². The molecule has 0 aliphatic heterocycles. The fourth-order valence-electron chi connectivity index (χ4n) is 1.82. The van der Waals surface area contributed by atoms with E-state index in [-0.39, 0.29) is 5.92 Å². The summed E-state index contributed by atoms with van der Waals surface area (Å²) in [5.74, 6) is 0.0760. The van der Waals surface area contributed by atoms with Crippen LogP contribution in [0.2, 0.25) is 0 Å². The third-order valence-electron chi connectivity index (χ3n) is 2.90. The highest BCUT2D eigenvalue weighted by atomic mass is 16.1. The van der Waals surface area contributed by atoms with Crippen LogP contribution < -0.4 is 0 Å². The van der Waals surface area contributed by atoms with E-state index in [0.717, 1.165) is 24.7 Å². The Kier molecular flexibility index (Phi) is 7.04. The fraction of sp³-hybridized carbons (Fsp3) is 0.438. The predicted molar refractivity (Wildman–Crippen MR) is 73.8 cm³/mol. The van der Waals surface area contributed by atoms with Crippen molar-refractivity contribution in [2.75, 3.05) is 0 Å². The largest absolute Gasteiger partial charge is 0.303 e. The molecular weight excluding hydrogens is 208 g/mol. The maximum absolute atomic E-state index is 10.9. The van der Waals surface area contributed by atoms with Crippen LogP contribution in [-0.2, 0) is 4.79 Å². The normalized spacial score (nSPS) is 12.8. The van der Waals surface area contributed by atoms with Gasteiger partial charge in [0.2, 0.25) is 0 Å². The fourth-order valence-corrected chi connectivity index (χ4v) is 1.82. The molecule has 0 saturated carbocycles. The third-order valence-corrected chi connectivity index (χ3v) is 2.90. The summed E-state index contributed by atoms with van der Waals surface area (Å²) in [4.78, 5) is 10.9. The zero-order valence-corrected chi connectivity index (χ0v) is 10.6. The first-order valence-electron chi connectivity index (χ1n) is 6.55. The van der Waals surface area contributed by atoms with Crippen LogP contribution in [0, 0.1) is 5.92 Å². The first kappa shape index (κ1) is 13.7. The van der Waals surface area contributed by atoms with Gasteiger partial charge in [-0.05, 0) is 12.0 Å². The van der Waals surface area contributed by atoms with Gasteiger partial charge in [0.1, 0.15) is 6.29 Å². The quantitative estimate of drug-likeness (QED) is 0.475. The molecule has 1 unspecified atom stereocenters. The van der Waals surface area contributed by atoms with Gasteiger partial charge in [-0.15, -0.1) is 0 Å². The van der Waals surface area contributed by atoms with E-state index in [1.54, 1.807) is 0 Å². The van der Waals surface area contributed by atoms with Crippen LogP contribution in [0.25, 0.3) is 6.08 Å². The van der Waals surface area contributed by atoms with Crippen LogP contribution >= 0.6 is 0 Å². The monoisotopic (exact) mass is 230 g/mol. The van der Waals surface area contributed by atoms with Crippen LogP contribution in [0.1, 0.15) is 44.6 Å². The summed E-state index contributed by atoms with van der Waals surface area (Å²) in [7, 11) is 0. The highest BCUT2D eigenvalue weighted by Crippen LogP contribution is 2.12. The molecule has 0 aliphatic carbocycles. The first-order chi connectivity index (χ1) is 8.36. The van der Waals surface area contributed by atoms with Gasteiger partial charge in [-0.25, -0.2) is 0 Å². The van der Waals surface area contributed by atoms with E-state index in [0.29, 0.717) is 0 Å². The molecule has 0 aliphatic rings. The minimum Gasteiger partial charge on any atom is -0.303 e. The molecule has 1 aromatic carbocycles. The average molecular weight is 230 g/mol. The molecule has 1 atom stereocenters. The van der Waals surface area contributed by atoms with Crippen molar-refractivity contribution in [2.24, 2.45) is 5.92 Å². The summed E-state index contributed by atoms with van der Waals surface area (Å²) in [6.07, 6.45) is 11.0. The number of benzene rings is 1. The number of carbonyl (C=O) groups excluding carboxylic acids is 1. The van der Waals surface area contributed by atoms with Gasteiger partial charge in [0.15, 0.2) is 0 Å². The van der Waals surface area contributed by atoms with E-state index in [9.17, 15) is 4.79 Å². The van der Waals surface area contributed by atoms with Gasteiger partial charge in [-0.1, -0.05) is 75.1 Å². The Hall–Kier alpha value is -1.37. The van der Waals surface area contributed by atoms with Gasteiger partial charge in [0, 0.05) is 5.92 Å². The lowest BCUT2D eigenvalue weighted by Crippen LogP contribution is -1.97. The van der Waals surface area contributed by atoms with Gasteiger partial charge >= 0.3 is 0 Å². The molecule has 0 saturated heterocycles. The van der Waals surface area contributed by atoms with Gasteiger partial charge in [0.05, 0.1) is 0 Å². The Bertz CT molecular complexity index is 327. The smallest absolute Gasteiger partial charge is 0.126 e. The van der Waals surface area contributed by atoms with Crippen LogP contribution in [0.5, 0.6) is 0 Å². The molecule has 1 aromatic rings. The predicted octanol–water partition coefficient (Wildman–Crippen LogP) is 4.49. The molecule has 0 heterocycles. The van der Waals surface area contributed by atoms with Crippen LogP contribution in [-0.4, -0.2) is 6.29 Å². The zero-order valence-electron chi connectivity index (χ0n) is 10.6. The summed E-state index contributed by atoms with van der Waals surface area (Å²) in [6.45, 7) is 2.20. The number of hydrogen-bond donors (Lipinski definition) is 0. The lowest BCUT2D eigenvalue weighted by atomic mass is 10.0. The number of aldehydes is 1. The Morgan fingerprint density at radius 1 is 1.12 bits per heavy atom. The molecule has 1 rings (SSSR count). The van der Waals surface area contributed by atoms with Crippen molar-refractivity contribution < 1.29 is 4.79 Å². The van der Waals surface area contributed by atoms with Crippen LogP contribution in [0.3, 0.4) is 0 Å². The number of carbonyl (C=O) groups is 1. The van der Waals surface area contributed by atoms with Crippen molar-refractivity contribution in [3.05, 3.63) is 42.0 Å². The first-order valence-corrected chi connectivity index (χ1v) is 6.55. The highest BCUT2D eigenvalue weighted by molar-refractivity contribution is 5.61. The van der Waals surface area contributed by atoms with Crippen molar-refractivity contribution in [1.29, 1.82) is 0 Å². The minimum absolute atomic E-state index is 0.0760. The molecular formula is C16H22O. The van der Waals surface area contributed by atoms with E-state index in [1.165, 1.54) is 19.3 Å². The zero-order chi connectivity index (χ0) is 12.3. The van der Waals surface area contributed by atoms with E-state index in [1.807, 2.05) is 30.4 Å². The van der Waals surface area contributed by atoms with Gasteiger partial charge in [0.25, 0.3) is 0 Å². The van der Waals surface area contributed by atoms with Crippen molar-refractivity contribution in [2.45, 2.75) is 39.0 Å². The van der Waals surface area contributed by atoms with Gasteiger partial charge in [-0.3, -0.25) is 0 Å². The summed E-state index contributed by atoms with van der Waals surface area (Å²) in [5.41, 5.74) is 1.16. The molecule has 1 heteroatoms. The number of unbranched alkanes of at least 4 members (excludes halogenated alkanes) is 3. The number of hydrogen-bond acceptors (Lipinski definition) is 1. The Morgan fingerprint density at radius 3 is 2.53 bits per heavy atom. The summed E-state index contributed by atoms with van der Waals surface area (Å²) in [6, 6.07) is 10.1. The maximum Gasteiger partial charge on any atom is 0.126 e. The Labute approximate surface area is 105 Å². The SMILES string of the molecule is CCCCCCC(C=O)C=Cc1ccccc1. The van der Waals surface area contributed by atoms with Gasteiger partial charge < -0.3 is 4.79 Å². The van der Waals surface area contributed by atoms with Crippen LogP contribution in [0.15, 0.2) is 36.4 Å². The molecule has 17 heavy (non-hydrogen) atoms. The highest BCUT2D eigenvalue weighted by Gasteiger charge is 2.01. The van der Waals surface area contributed by atoms with Crippen molar-refractivity contribution in [3.63, 3.8) is 0 Å². The molecule has 0 amide bonds. The number of allylic oxidation sites excluding steroid dienone is 1. The molecule has 0 radical (unpaired) electrons. The van der Waals surface area contributed by atoms with Crippen LogP contribution in [0.4, 0.5) is 0 Å². The molecule has 0 N–H and O–H groups in total. The second-order valence-corrected chi connectivity index (χ2v) is 4.42. The molecule has 0 aromatic heterocycles. The average Bonchev–Trinajstić information content (AvgIpc) is 2.39. The molecule has 1 nitrogen and oxygen atoms in total. The van der Waals surface area contributed by atoms with Crippen molar-refractivity contribution >= 4 is 12.4 Å². The topological polar surface area (TPSA) is 17.1 Å². The summed E-state index contributed by atoms with van der Waals surface area (Å²) >= 11 is 0. The Morgan fingerprint density at radius 2 is 1.88 bits per heavy atom. The van der Waals surface area contributed by atoms with Gasteiger partial charge in [-0.2, -0.15) is 0 Å². The third kappa shape index (κ3) is 6.06. The second-order valence-electron chi connectivity index (χ2n) is 4.42. The maximum atomic E-state index is 10.9. The molecule has 0 bridgehead atoms. The van der Waals surface area contributed by atoms with E-state index < -0.39 is 0 Å².